The van der Waals surface area contributed by atoms with Crippen LogP contribution in [-0.4, -0.2) is 21.2 Å². The Bertz CT molecular complexity index is 1000. The molecule has 0 spiro atoms. The molecule has 0 atom stereocenters. The molecule has 1 heterocycles. The Balaban J connectivity index is 2.07. The Morgan fingerprint density at radius 3 is 2.38 bits per heavy atom. The van der Waals surface area contributed by atoms with Gasteiger partial charge in [-0.3, -0.25) is 4.79 Å². The lowest BCUT2D eigenvalue weighted by Gasteiger charge is -2.10. The van der Waals surface area contributed by atoms with E-state index in [2.05, 4.69) is 5.32 Å². The minimum absolute atomic E-state index is 0.00472. The monoisotopic (exact) mass is 327 g/mol. The molecular formula is C17H13NO6. The SMILES string of the molecule is Cc1c(O)ccc2c(O)c(NC(=O)c3ccc(O)cc3)c(=O)oc12. The molecule has 3 rings (SSSR count). The number of amides is 1. The lowest BCUT2D eigenvalue weighted by Crippen LogP contribution is -2.18. The van der Waals surface area contributed by atoms with Gasteiger partial charge in [0.1, 0.15) is 17.1 Å². The van der Waals surface area contributed by atoms with E-state index in [4.69, 9.17) is 4.42 Å². The number of phenols is 2. The lowest BCUT2D eigenvalue weighted by molar-refractivity contribution is 0.102. The van der Waals surface area contributed by atoms with E-state index in [1.807, 2.05) is 0 Å². The van der Waals surface area contributed by atoms with Crippen molar-refractivity contribution in [2.45, 2.75) is 6.92 Å². The van der Waals surface area contributed by atoms with Crippen LogP contribution >= 0.6 is 0 Å². The van der Waals surface area contributed by atoms with Crippen molar-refractivity contribution >= 4 is 22.6 Å². The molecule has 0 fully saturated rings. The number of hydrogen-bond acceptors (Lipinski definition) is 6. The van der Waals surface area contributed by atoms with Gasteiger partial charge in [0.25, 0.3) is 5.91 Å². The van der Waals surface area contributed by atoms with Gasteiger partial charge in [-0.05, 0) is 43.3 Å². The fourth-order valence-corrected chi connectivity index (χ4v) is 2.28. The maximum absolute atomic E-state index is 12.2. The van der Waals surface area contributed by atoms with Crippen LogP contribution < -0.4 is 10.9 Å². The molecule has 0 bridgehead atoms. The van der Waals surface area contributed by atoms with Gasteiger partial charge in [0, 0.05) is 11.1 Å². The van der Waals surface area contributed by atoms with Crippen molar-refractivity contribution in [3.63, 3.8) is 0 Å². The van der Waals surface area contributed by atoms with E-state index in [-0.39, 0.29) is 28.0 Å². The molecule has 0 saturated carbocycles. The number of phenolic OH excluding ortho intramolecular Hbond substituents is 2. The molecule has 7 heteroatoms. The first-order valence-electron chi connectivity index (χ1n) is 6.97. The Labute approximate surface area is 135 Å². The Morgan fingerprint density at radius 2 is 1.71 bits per heavy atom. The van der Waals surface area contributed by atoms with Gasteiger partial charge in [-0.2, -0.15) is 0 Å². The molecule has 0 radical (unpaired) electrons. The van der Waals surface area contributed by atoms with Crippen molar-refractivity contribution in [1.82, 2.24) is 0 Å². The summed E-state index contributed by atoms with van der Waals surface area (Å²) >= 11 is 0. The molecule has 0 unspecified atom stereocenters. The summed E-state index contributed by atoms with van der Waals surface area (Å²) in [5.41, 5.74) is -0.809. The minimum atomic E-state index is -0.944. The maximum Gasteiger partial charge on any atom is 0.364 e. The maximum atomic E-state index is 12.2. The Morgan fingerprint density at radius 1 is 1.04 bits per heavy atom. The number of carbonyl (C=O) groups is 1. The van der Waals surface area contributed by atoms with Crippen LogP contribution in [0.3, 0.4) is 0 Å². The van der Waals surface area contributed by atoms with Crippen molar-refractivity contribution in [1.29, 1.82) is 0 Å². The lowest BCUT2D eigenvalue weighted by atomic mass is 10.1. The summed E-state index contributed by atoms with van der Waals surface area (Å²) in [6.45, 7) is 1.54. The highest BCUT2D eigenvalue weighted by Crippen LogP contribution is 2.34. The van der Waals surface area contributed by atoms with Gasteiger partial charge in [-0.25, -0.2) is 4.79 Å². The predicted molar refractivity (Wildman–Crippen MR) is 86.6 cm³/mol. The number of aromatic hydroxyl groups is 3. The number of anilines is 1. The smallest absolute Gasteiger partial charge is 0.364 e. The second kappa shape index (κ2) is 5.62. The summed E-state index contributed by atoms with van der Waals surface area (Å²) in [7, 11) is 0. The van der Waals surface area contributed by atoms with Gasteiger partial charge in [0.2, 0.25) is 0 Å². The number of carbonyl (C=O) groups excluding carboxylic acids is 1. The van der Waals surface area contributed by atoms with E-state index in [1.54, 1.807) is 0 Å². The van der Waals surface area contributed by atoms with Crippen molar-refractivity contribution in [3.05, 3.63) is 57.9 Å². The average molecular weight is 327 g/mol. The van der Waals surface area contributed by atoms with Gasteiger partial charge >= 0.3 is 5.63 Å². The molecule has 0 aliphatic carbocycles. The van der Waals surface area contributed by atoms with Crippen molar-refractivity contribution in [2.75, 3.05) is 5.32 Å². The number of rotatable bonds is 2. The topological polar surface area (TPSA) is 120 Å². The fourth-order valence-electron chi connectivity index (χ4n) is 2.28. The first kappa shape index (κ1) is 15.4. The van der Waals surface area contributed by atoms with E-state index < -0.39 is 23.0 Å². The second-order valence-corrected chi connectivity index (χ2v) is 5.20. The second-order valence-electron chi connectivity index (χ2n) is 5.20. The number of fused-ring (bicyclic) bond motifs is 1. The van der Waals surface area contributed by atoms with Crippen molar-refractivity contribution in [2.24, 2.45) is 0 Å². The van der Waals surface area contributed by atoms with E-state index in [0.717, 1.165) is 0 Å². The molecule has 0 aliphatic heterocycles. The van der Waals surface area contributed by atoms with Crippen LogP contribution in [0.5, 0.6) is 17.2 Å². The normalized spacial score (nSPS) is 10.7. The molecule has 3 aromatic rings. The van der Waals surface area contributed by atoms with Gasteiger partial charge < -0.3 is 25.1 Å². The fraction of sp³-hybridized carbons (Fsp3) is 0.0588. The van der Waals surface area contributed by atoms with E-state index >= 15 is 0 Å². The van der Waals surface area contributed by atoms with Gasteiger partial charge in [0.15, 0.2) is 11.4 Å². The highest BCUT2D eigenvalue weighted by Gasteiger charge is 2.19. The number of benzene rings is 2. The third kappa shape index (κ3) is 2.52. The predicted octanol–water partition coefficient (Wildman–Crippen LogP) is 2.47. The molecule has 0 aliphatic rings. The minimum Gasteiger partial charge on any atom is -0.508 e. The van der Waals surface area contributed by atoms with Crippen LogP contribution in [-0.2, 0) is 0 Å². The molecular weight excluding hydrogens is 314 g/mol. The van der Waals surface area contributed by atoms with E-state index in [9.17, 15) is 24.9 Å². The third-order valence-electron chi connectivity index (χ3n) is 3.64. The molecule has 24 heavy (non-hydrogen) atoms. The van der Waals surface area contributed by atoms with Crippen LogP contribution in [0.4, 0.5) is 5.69 Å². The third-order valence-corrected chi connectivity index (χ3v) is 3.64. The standard InChI is InChI=1S/C17H13NO6/c1-8-12(20)7-6-11-14(21)13(17(23)24-15(8)11)18-16(22)9-2-4-10(19)5-3-9/h2-7,19-21H,1H3,(H,18,22). The van der Waals surface area contributed by atoms with Gasteiger partial charge in [0.05, 0.1) is 5.39 Å². The molecule has 1 aromatic heterocycles. The number of aryl methyl sites for hydroxylation is 1. The molecule has 7 nitrogen and oxygen atoms in total. The molecule has 4 N–H and O–H groups in total. The zero-order chi connectivity index (χ0) is 17.4. The molecule has 1 amide bonds. The summed E-state index contributed by atoms with van der Waals surface area (Å²) in [5.74, 6) is -1.18. The van der Waals surface area contributed by atoms with E-state index in [1.165, 1.54) is 43.3 Å². The highest BCUT2D eigenvalue weighted by molar-refractivity contribution is 6.06. The summed E-state index contributed by atoms with van der Waals surface area (Å²) in [6, 6.07) is 8.11. The van der Waals surface area contributed by atoms with Gasteiger partial charge in [-0.15, -0.1) is 0 Å². The molecule has 0 saturated heterocycles. The summed E-state index contributed by atoms with van der Waals surface area (Å²) in [5, 5.41) is 31.7. The largest absolute Gasteiger partial charge is 0.508 e. The van der Waals surface area contributed by atoms with Crippen LogP contribution in [0.25, 0.3) is 11.0 Å². The zero-order valence-corrected chi connectivity index (χ0v) is 12.5. The summed E-state index contributed by atoms with van der Waals surface area (Å²) in [6.07, 6.45) is 0. The quantitative estimate of drug-likeness (QED) is 0.537. The van der Waals surface area contributed by atoms with E-state index in [0.29, 0.717) is 5.56 Å². The Hall–Kier alpha value is -3.48. The van der Waals surface area contributed by atoms with Gasteiger partial charge in [-0.1, -0.05) is 0 Å². The summed E-state index contributed by atoms with van der Waals surface area (Å²) in [4.78, 5) is 24.2. The average Bonchev–Trinajstić information content (AvgIpc) is 2.56. The number of nitrogens with one attached hydrogen (secondary N) is 1. The summed E-state index contributed by atoms with van der Waals surface area (Å²) < 4.78 is 5.11. The van der Waals surface area contributed by atoms with Crippen molar-refractivity contribution in [3.8, 4) is 17.2 Å². The molecule has 122 valence electrons. The first-order chi connectivity index (χ1) is 11.4. The zero-order valence-electron chi connectivity index (χ0n) is 12.5. The number of hydrogen-bond donors (Lipinski definition) is 4. The first-order valence-corrected chi connectivity index (χ1v) is 6.97. The van der Waals surface area contributed by atoms with Crippen LogP contribution in [0, 0.1) is 6.92 Å². The highest BCUT2D eigenvalue weighted by atomic mass is 16.4. The van der Waals surface area contributed by atoms with Crippen molar-refractivity contribution < 1.29 is 24.5 Å². The van der Waals surface area contributed by atoms with Crippen LogP contribution in [0.2, 0.25) is 0 Å². The van der Waals surface area contributed by atoms with Crippen LogP contribution in [0.15, 0.2) is 45.6 Å². The Kier molecular flexibility index (Phi) is 3.61. The van der Waals surface area contributed by atoms with Crippen LogP contribution in [0.1, 0.15) is 15.9 Å². The molecule has 2 aromatic carbocycles.